The zero-order valence-corrected chi connectivity index (χ0v) is 15.2. The third kappa shape index (κ3) is 4.53. The monoisotopic (exact) mass is 337 g/mol. The largest absolute Gasteiger partial charge is 0.368 e. The molecule has 0 aromatic heterocycles. The van der Waals surface area contributed by atoms with Crippen LogP contribution in [0.3, 0.4) is 0 Å². The van der Waals surface area contributed by atoms with Gasteiger partial charge in [0, 0.05) is 49.7 Å². The topological polar surface area (TPSA) is 35.6 Å². The van der Waals surface area contributed by atoms with E-state index in [-0.39, 0.29) is 5.91 Å². The summed E-state index contributed by atoms with van der Waals surface area (Å²) in [6.07, 6.45) is 1.44. The molecule has 25 heavy (non-hydrogen) atoms. The zero-order chi connectivity index (χ0) is 17.6. The summed E-state index contributed by atoms with van der Waals surface area (Å²) >= 11 is 0. The van der Waals surface area contributed by atoms with Gasteiger partial charge in [-0.1, -0.05) is 19.1 Å². The molecule has 1 N–H and O–H groups in total. The predicted octanol–water partition coefficient (Wildman–Crippen LogP) is 4.06. The fraction of sp³-hybridized carbons (Fsp3) is 0.381. The highest BCUT2D eigenvalue weighted by Gasteiger charge is 2.17. The van der Waals surface area contributed by atoms with E-state index in [9.17, 15) is 4.79 Å². The fourth-order valence-electron chi connectivity index (χ4n) is 3.25. The van der Waals surface area contributed by atoms with Gasteiger partial charge in [-0.15, -0.1) is 0 Å². The van der Waals surface area contributed by atoms with Crippen LogP contribution in [0.2, 0.25) is 0 Å². The van der Waals surface area contributed by atoms with Crippen molar-refractivity contribution >= 4 is 23.0 Å². The predicted molar refractivity (Wildman–Crippen MR) is 106 cm³/mol. The highest BCUT2D eigenvalue weighted by molar-refractivity contribution is 5.90. The molecule has 132 valence electrons. The molecule has 2 aromatic rings. The molecule has 0 saturated carbocycles. The van der Waals surface area contributed by atoms with E-state index < -0.39 is 0 Å². The van der Waals surface area contributed by atoms with Gasteiger partial charge in [0.25, 0.3) is 0 Å². The van der Waals surface area contributed by atoms with Crippen LogP contribution in [0, 0.1) is 6.92 Å². The lowest BCUT2D eigenvalue weighted by molar-refractivity contribution is -0.116. The average Bonchev–Trinajstić information content (AvgIpc) is 2.63. The molecule has 1 amide bonds. The van der Waals surface area contributed by atoms with Crippen LogP contribution >= 0.6 is 0 Å². The molecule has 0 radical (unpaired) electrons. The standard InChI is InChI=1S/C21H27N3O/c1-3-5-21(25)22-18-8-10-19(11-9-18)23-12-14-24(15-13-23)20-7-4-6-17(2)16-20/h4,6-11,16H,3,5,12-15H2,1-2H3,(H,22,25). The van der Waals surface area contributed by atoms with Crippen molar-refractivity contribution in [1.29, 1.82) is 0 Å². The summed E-state index contributed by atoms with van der Waals surface area (Å²) in [5.41, 5.74) is 4.72. The molecule has 4 nitrogen and oxygen atoms in total. The van der Waals surface area contributed by atoms with Crippen molar-refractivity contribution < 1.29 is 4.79 Å². The number of amides is 1. The molecule has 3 rings (SSSR count). The molecular weight excluding hydrogens is 310 g/mol. The van der Waals surface area contributed by atoms with Crippen molar-refractivity contribution in [2.75, 3.05) is 41.3 Å². The molecule has 4 heteroatoms. The molecule has 1 aliphatic rings. The summed E-state index contributed by atoms with van der Waals surface area (Å²) in [7, 11) is 0. The highest BCUT2D eigenvalue weighted by atomic mass is 16.1. The summed E-state index contributed by atoms with van der Waals surface area (Å²) in [5, 5.41) is 2.94. The number of hydrogen-bond donors (Lipinski definition) is 1. The maximum atomic E-state index is 11.7. The number of carbonyl (C=O) groups excluding carboxylic acids is 1. The van der Waals surface area contributed by atoms with Crippen LogP contribution < -0.4 is 15.1 Å². The summed E-state index contributed by atoms with van der Waals surface area (Å²) in [6.45, 7) is 8.22. The molecular formula is C21H27N3O. The number of piperazine rings is 1. The van der Waals surface area contributed by atoms with Gasteiger partial charge in [0.2, 0.25) is 5.91 Å². The second kappa shape index (κ2) is 8.06. The first-order valence-electron chi connectivity index (χ1n) is 9.12. The van der Waals surface area contributed by atoms with E-state index in [1.54, 1.807) is 0 Å². The Labute approximate surface area is 150 Å². The van der Waals surface area contributed by atoms with Gasteiger partial charge in [0.15, 0.2) is 0 Å². The van der Waals surface area contributed by atoms with Crippen molar-refractivity contribution in [1.82, 2.24) is 0 Å². The number of nitrogens with one attached hydrogen (secondary N) is 1. The van der Waals surface area contributed by atoms with Crippen molar-refractivity contribution in [3.63, 3.8) is 0 Å². The van der Waals surface area contributed by atoms with E-state index in [0.717, 1.165) is 38.3 Å². The summed E-state index contributed by atoms with van der Waals surface area (Å²) < 4.78 is 0. The Kier molecular flexibility index (Phi) is 5.59. The number of aryl methyl sites for hydroxylation is 1. The quantitative estimate of drug-likeness (QED) is 0.894. The summed E-state index contributed by atoms with van der Waals surface area (Å²) in [5.74, 6) is 0.0852. The smallest absolute Gasteiger partial charge is 0.224 e. The summed E-state index contributed by atoms with van der Waals surface area (Å²) in [6, 6.07) is 16.9. The van der Waals surface area contributed by atoms with Gasteiger partial charge in [-0.05, 0) is 55.3 Å². The number of nitrogens with zero attached hydrogens (tertiary/aromatic N) is 2. The van der Waals surface area contributed by atoms with Gasteiger partial charge in [0.1, 0.15) is 0 Å². The van der Waals surface area contributed by atoms with Crippen LogP contribution in [0.1, 0.15) is 25.3 Å². The molecule has 0 unspecified atom stereocenters. The van der Waals surface area contributed by atoms with Crippen LogP contribution in [0.25, 0.3) is 0 Å². The lowest BCUT2D eigenvalue weighted by Crippen LogP contribution is -2.46. The van der Waals surface area contributed by atoms with Crippen LogP contribution in [0.15, 0.2) is 48.5 Å². The minimum atomic E-state index is 0.0852. The fourth-order valence-corrected chi connectivity index (χ4v) is 3.25. The number of carbonyl (C=O) groups is 1. The second-order valence-electron chi connectivity index (χ2n) is 6.66. The normalized spacial score (nSPS) is 14.5. The van der Waals surface area contributed by atoms with Gasteiger partial charge in [-0.2, -0.15) is 0 Å². The van der Waals surface area contributed by atoms with E-state index in [0.29, 0.717) is 6.42 Å². The Balaban J connectivity index is 1.56. The Morgan fingerprint density at radius 1 is 0.960 bits per heavy atom. The maximum Gasteiger partial charge on any atom is 0.224 e. The van der Waals surface area contributed by atoms with Gasteiger partial charge >= 0.3 is 0 Å². The van der Waals surface area contributed by atoms with Crippen molar-refractivity contribution in [2.45, 2.75) is 26.7 Å². The van der Waals surface area contributed by atoms with Gasteiger partial charge in [-0.25, -0.2) is 0 Å². The zero-order valence-electron chi connectivity index (χ0n) is 15.2. The van der Waals surface area contributed by atoms with E-state index >= 15 is 0 Å². The Hall–Kier alpha value is -2.49. The molecule has 0 bridgehead atoms. The first-order chi connectivity index (χ1) is 12.2. The van der Waals surface area contributed by atoms with Crippen molar-refractivity contribution in [2.24, 2.45) is 0 Å². The number of benzene rings is 2. The first kappa shape index (κ1) is 17.3. The third-order valence-corrected chi connectivity index (χ3v) is 4.64. The van der Waals surface area contributed by atoms with E-state index in [1.807, 2.05) is 19.1 Å². The minimum Gasteiger partial charge on any atom is -0.368 e. The maximum absolute atomic E-state index is 11.7. The molecule has 1 fully saturated rings. The van der Waals surface area contributed by atoms with Crippen molar-refractivity contribution in [3.05, 3.63) is 54.1 Å². The lowest BCUT2D eigenvalue weighted by atomic mass is 10.1. The third-order valence-electron chi connectivity index (χ3n) is 4.64. The van der Waals surface area contributed by atoms with Crippen molar-refractivity contribution in [3.8, 4) is 0 Å². The number of anilines is 3. The number of hydrogen-bond acceptors (Lipinski definition) is 3. The van der Waals surface area contributed by atoms with Crippen LogP contribution in [-0.4, -0.2) is 32.1 Å². The van der Waals surface area contributed by atoms with Crippen LogP contribution in [0.5, 0.6) is 0 Å². The van der Waals surface area contributed by atoms with Crippen LogP contribution in [0.4, 0.5) is 17.1 Å². The number of rotatable bonds is 5. The van der Waals surface area contributed by atoms with Gasteiger partial charge in [0.05, 0.1) is 0 Å². The molecule has 2 aromatic carbocycles. The molecule has 0 spiro atoms. The Bertz CT molecular complexity index is 703. The van der Waals surface area contributed by atoms with Gasteiger partial charge in [-0.3, -0.25) is 4.79 Å². The highest BCUT2D eigenvalue weighted by Crippen LogP contribution is 2.22. The van der Waals surface area contributed by atoms with E-state index in [2.05, 4.69) is 58.4 Å². The minimum absolute atomic E-state index is 0.0852. The lowest BCUT2D eigenvalue weighted by Gasteiger charge is -2.37. The average molecular weight is 337 g/mol. The summed E-state index contributed by atoms with van der Waals surface area (Å²) in [4.78, 5) is 16.5. The molecule has 1 saturated heterocycles. The molecule has 1 aliphatic heterocycles. The SMILES string of the molecule is CCCC(=O)Nc1ccc(N2CCN(c3cccc(C)c3)CC2)cc1. The Morgan fingerprint density at radius 3 is 2.20 bits per heavy atom. The van der Waals surface area contributed by atoms with E-state index in [4.69, 9.17) is 0 Å². The molecule has 1 heterocycles. The first-order valence-corrected chi connectivity index (χ1v) is 9.12. The second-order valence-corrected chi connectivity index (χ2v) is 6.66. The molecule has 0 aliphatic carbocycles. The molecule has 0 atom stereocenters. The van der Waals surface area contributed by atoms with Gasteiger partial charge < -0.3 is 15.1 Å². The van der Waals surface area contributed by atoms with Crippen LogP contribution in [-0.2, 0) is 4.79 Å². The van der Waals surface area contributed by atoms with E-state index in [1.165, 1.54) is 16.9 Å². The Morgan fingerprint density at radius 2 is 1.60 bits per heavy atom.